The molecular weight excluding hydrogens is 326 g/mol. The summed E-state index contributed by atoms with van der Waals surface area (Å²) in [5.74, 6) is -0.103. The second-order valence-corrected chi connectivity index (χ2v) is 5.86. The lowest BCUT2D eigenvalue weighted by molar-refractivity contribution is -0.128. The van der Waals surface area contributed by atoms with E-state index in [0.29, 0.717) is 18.4 Å². The van der Waals surface area contributed by atoms with Gasteiger partial charge in [-0.25, -0.2) is 0 Å². The largest absolute Gasteiger partial charge is 0.435 e. The smallest absolute Gasteiger partial charge is 0.387 e. The van der Waals surface area contributed by atoms with E-state index in [1.165, 1.54) is 12.1 Å². The number of amides is 1. The van der Waals surface area contributed by atoms with Gasteiger partial charge in [0.25, 0.3) is 0 Å². The zero-order valence-electron chi connectivity index (χ0n) is 13.1. The van der Waals surface area contributed by atoms with Crippen molar-refractivity contribution in [1.29, 1.82) is 0 Å². The number of nitrogens with two attached hydrogens (primary N) is 1. The lowest BCUT2D eigenvalue weighted by atomic mass is 9.81. The number of carbonyl (C=O) groups is 1. The van der Waals surface area contributed by atoms with E-state index in [4.69, 9.17) is 5.73 Å². The molecule has 0 spiro atoms. The summed E-state index contributed by atoms with van der Waals surface area (Å²) in [5, 5.41) is 2.88. The Morgan fingerprint density at radius 2 is 1.96 bits per heavy atom. The summed E-state index contributed by atoms with van der Waals surface area (Å²) >= 11 is 0. The Kier molecular flexibility index (Phi) is 7.22. The van der Waals surface area contributed by atoms with Crippen molar-refractivity contribution < 1.29 is 18.3 Å². The molecule has 1 unspecified atom stereocenters. The van der Waals surface area contributed by atoms with Crippen molar-refractivity contribution in [2.24, 2.45) is 5.73 Å². The van der Waals surface area contributed by atoms with Crippen LogP contribution >= 0.6 is 12.4 Å². The van der Waals surface area contributed by atoms with Crippen molar-refractivity contribution in [2.45, 2.75) is 57.2 Å². The topological polar surface area (TPSA) is 64.4 Å². The average molecular weight is 349 g/mol. The van der Waals surface area contributed by atoms with Gasteiger partial charge in [0.2, 0.25) is 5.91 Å². The molecule has 1 amide bonds. The second kappa shape index (κ2) is 8.45. The number of ether oxygens (including phenoxy) is 1. The molecule has 1 aliphatic carbocycles. The highest BCUT2D eigenvalue weighted by Gasteiger charge is 2.35. The fourth-order valence-electron chi connectivity index (χ4n) is 2.79. The fraction of sp³-hybridized carbons (Fsp3) is 0.562. The molecule has 130 valence electrons. The van der Waals surface area contributed by atoms with E-state index in [2.05, 4.69) is 10.1 Å². The van der Waals surface area contributed by atoms with Gasteiger partial charge >= 0.3 is 6.61 Å². The SMILES string of the molecule is CC(NC(=O)C1(N)CCCCC1)c1cccc(OC(F)F)c1.Cl. The highest BCUT2D eigenvalue weighted by atomic mass is 35.5. The Morgan fingerprint density at radius 3 is 2.57 bits per heavy atom. The number of carbonyl (C=O) groups excluding carboxylic acids is 1. The summed E-state index contributed by atoms with van der Waals surface area (Å²) in [5.41, 5.74) is 6.07. The summed E-state index contributed by atoms with van der Waals surface area (Å²) in [6, 6.07) is 6.01. The molecule has 0 heterocycles. The van der Waals surface area contributed by atoms with E-state index in [0.717, 1.165) is 19.3 Å². The standard InChI is InChI=1S/C16H22F2N2O2.ClH/c1-11(12-6-5-7-13(10-12)22-15(17)18)20-14(21)16(19)8-3-2-4-9-16;/h5-7,10-11,15H,2-4,8-9,19H2,1H3,(H,20,21);1H. The molecule has 1 aliphatic rings. The molecule has 1 saturated carbocycles. The molecular formula is C16H23ClF2N2O2. The van der Waals surface area contributed by atoms with Crippen LogP contribution in [0.25, 0.3) is 0 Å². The maximum atomic E-state index is 12.4. The maximum absolute atomic E-state index is 12.4. The number of hydrogen-bond donors (Lipinski definition) is 2. The van der Waals surface area contributed by atoms with E-state index in [1.807, 2.05) is 0 Å². The van der Waals surface area contributed by atoms with Gasteiger partial charge < -0.3 is 15.8 Å². The summed E-state index contributed by atoms with van der Waals surface area (Å²) in [4.78, 5) is 12.4. The molecule has 23 heavy (non-hydrogen) atoms. The Labute approximate surface area is 141 Å². The minimum Gasteiger partial charge on any atom is -0.435 e. The molecule has 1 fully saturated rings. The van der Waals surface area contributed by atoms with Crippen LogP contribution in [-0.2, 0) is 4.79 Å². The van der Waals surface area contributed by atoms with Gasteiger partial charge in [-0.3, -0.25) is 4.79 Å². The lowest BCUT2D eigenvalue weighted by Crippen LogP contribution is -2.55. The van der Waals surface area contributed by atoms with Gasteiger partial charge in [0, 0.05) is 0 Å². The zero-order chi connectivity index (χ0) is 16.2. The van der Waals surface area contributed by atoms with E-state index >= 15 is 0 Å². The first-order chi connectivity index (χ1) is 10.4. The molecule has 3 N–H and O–H groups in total. The van der Waals surface area contributed by atoms with Crippen LogP contribution in [0, 0.1) is 0 Å². The normalized spacial score (nSPS) is 18.0. The minimum atomic E-state index is -2.87. The van der Waals surface area contributed by atoms with Gasteiger partial charge in [-0.1, -0.05) is 31.4 Å². The van der Waals surface area contributed by atoms with Crippen LogP contribution in [0.5, 0.6) is 5.75 Å². The van der Waals surface area contributed by atoms with Gasteiger partial charge in [-0.05, 0) is 37.5 Å². The number of benzene rings is 1. The predicted octanol–water partition coefficient (Wildman–Crippen LogP) is 3.55. The first kappa shape index (κ1) is 19.6. The number of alkyl halides is 2. The van der Waals surface area contributed by atoms with Crippen LogP contribution < -0.4 is 15.8 Å². The molecule has 0 aromatic heterocycles. The van der Waals surface area contributed by atoms with Gasteiger partial charge in [-0.2, -0.15) is 8.78 Å². The highest BCUT2D eigenvalue weighted by molar-refractivity contribution is 5.86. The van der Waals surface area contributed by atoms with E-state index in [-0.39, 0.29) is 30.1 Å². The third-order valence-electron chi connectivity index (χ3n) is 4.13. The number of rotatable bonds is 5. The molecule has 7 heteroatoms. The van der Waals surface area contributed by atoms with E-state index in [9.17, 15) is 13.6 Å². The Morgan fingerprint density at radius 1 is 1.30 bits per heavy atom. The van der Waals surface area contributed by atoms with Crippen molar-refractivity contribution in [3.63, 3.8) is 0 Å². The minimum absolute atomic E-state index is 0. The predicted molar refractivity (Wildman–Crippen MR) is 86.9 cm³/mol. The third kappa shape index (κ3) is 5.32. The highest BCUT2D eigenvalue weighted by Crippen LogP contribution is 2.27. The molecule has 2 rings (SSSR count). The molecule has 4 nitrogen and oxygen atoms in total. The van der Waals surface area contributed by atoms with Crippen LogP contribution in [0.15, 0.2) is 24.3 Å². The van der Waals surface area contributed by atoms with Crippen LogP contribution in [-0.4, -0.2) is 18.1 Å². The third-order valence-corrected chi connectivity index (χ3v) is 4.13. The van der Waals surface area contributed by atoms with Crippen LogP contribution in [0.1, 0.15) is 50.6 Å². The number of nitrogens with one attached hydrogen (secondary N) is 1. The van der Waals surface area contributed by atoms with Crippen molar-refractivity contribution in [1.82, 2.24) is 5.32 Å². The Balaban J connectivity index is 0.00000264. The first-order valence-electron chi connectivity index (χ1n) is 7.55. The summed E-state index contributed by atoms with van der Waals surface area (Å²) in [6.45, 7) is -1.07. The van der Waals surface area contributed by atoms with E-state index in [1.54, 1.807) is 19.1 Å². The Hall–Kier alpha value is -1.40. The monoisotopic (exact) mass is 348 g/mol. The molecule has 0 aliphatic heterocycles. The van der Waals surface area contributed by atoms with Crippen molar-refractivity contribution in [3.8, 4) is 5.75 Å². The van der Waals surface area contributed by atoms with Crippen molar-refractivity contribution in [3.05, 3.63) is 29.8 Å². The van der Waals surface area contributed by atoms with Crippen LogP contribution in [0.4, 0.5) is 8.78 Å². The molecule has 1 aromatic rings. The van der Waals surface area contributed by atoms with Crippen LogP contribution in [0.3, 0.4) is 0 Å². The quantitative estimate of drug-likeness (QED) is 0.855. The van der Waals surface area contributed by atoms with Gasteiger partial charge in [0.15, 0.2) is 0 Å². The average Bonchev–Trinajstić information content (AvgIpc) is 2.47. The van der Waals surface area contributed by atoms with Crippen LogP contribution in [0.2, 0.25) is 0 Å². The van der Waals surface area contributed by atoms with E-state index < -0.39 is 12.2 Å². The molecule has 1 atom stereocenters. The summed E-state index contributed by atoms with van der Waals surface area (Å²) in [6.07, 6.45) is 4.38. The molecule has 1 aromatic carbocycles. The zero-order valence-corrected chi connectivity index (χ0v) is 13.9. The van der Waals surface area contributed by atoms with Gasteiger partial charge in [0.05, 0.1) is 11.6 Å². The number of hydrogen-bond acceptors (Lipinski definition) is 3. The molecule has 0 saturated heterocycles. The summed E-state index contributed by atoms with van der Waals surface area (Å²) in [7, 11) is 0. The maximum Gasteiger partial charge on any atom is 0.387 e. The summed E-state index contributed by atoms with van der Waals surface area (Å²) < 4.78 is 28.9. The second-order valence-electron chi connectivity index (χ2n) is 5.86. The fourth-order valence-corrected chi connectivity index (χ4v) is 2.79. The Bertz CT molecular complexity index is 523. The van der Waals surface area contributed by atoms with Crippen molar-refractivity contribution in [2.75, 3.05) is 0 Å². The first-order valence-corrected chi connectivity index (χ1v) is 7.55. The van der Waals surface area contributed by atoms with Crippen molar-refractivity contribution >= 4 is 18.3 Å². The van der Waals surface area contributed by atoms with Gasteiger partial charge in [0.1, 0.15) is 5.75 Å². The lowest BCUT2D eigenvalue weighted by Gasteiger charge is -2.33. The van der Waals surface area contributed by atoms with Gasteiger partial charge in [-0.15, -0.1) is 12.4 Å². The molecule has 0 radical (unpaired) electrons. The number of halogens is 3. The molecule has 0 bridgehead atoms.